The molecule has 168 valence electrons. The number of carbonyl (C=O) groups is 3. The van der Waals surface area contributed by atoms with E-state index in [1.165, 1.54) is 0 Å². The zero-order valence-corrected chi connectivity index (χ0v) is 19.0. The number of hydrogen-bond acceptors (Lipinski definition) is 5. The summed E-state index contributed by atoms with van der Waals surface area (Å²) < 4.78 is 0. The molecule has 7 nitrogen and oxygen atoms in total. The van der Waals surface area contributed by atoms with Gasteiger partial charge < -0.3 is 15.1 Å². The van der Waals surface area contributed by atoms with Crippen molar-refractivity contribution in [1.82, 2.24) is 15.2 Å². The summed E-state index contributed by atoms with van der Waals surface area (Å²) in [5.41, 5.74) is 0.273. The van der Waals surface area contributed by atoms with E-state index in [4.69, 9.17) is 11.6 Å². The van der Waals surface area contributed by atoms with Gasteiger partial charge >= 0.3 is 0 Å². The number of hydrogen-bond donors (Lipinski definition) is 1. The maximum absolute atomic E-state index is 13.3. The van der Waals surface area contributed by atoms with E-state index in [9.17, 15) is 14.4 Å². The van der Waals surface area contributed by atoms with Gasteiger partial charge in [0.2, 0.25) is 11.8 Å². The Bertz CT molecular complexity index is 1030. The number of pyridine rings is 1. The van der Waals surface area contributed by atoms with Crippen LogP contribution in [0.5, 0.6) is 0 Å². The molecule has 0 saturated carbocycles. The quantitative estimate of drug-likeness (QED) is 0.702. The number of halogens is 1. The number of ketones is 1. The highest BCUT2D eigenvalue weighted by Crippen LogP contribution is 2.34. The van der Waals surface area contributed by atoms with E-state index < -0.39 is 11.5 Å². The van der Waals surface area contributed by atoms with E-state index >= 15 is 0 Å². The van der Waals surface area contributed by atoms with Gasteiger partial charge in [0.05, 0.1) is 12.1 Å². The van der Waals surface area contributed by atoms with Gasteiger partial charge in [-0.05, 0) is 43.7 Å². The average molecular weight is 455 g/mol. The van der Waals surface area contributed by atoms with Crippen molar-refractivity contribution in [3.05, 3.63) is 59.4 Å². The smallest absolute Gasteiger partial charge is 0.228 e. The predicted octanol–water partition coefficient (Wildman–Crippen LogP) is 2.78. The van der Waals surface area contributed by atoms with Crippen LogP contribution in [0.15, 0.2) is 48.7 Å². The van der Waals surface area contributed by atoms with Crippen LogP contribution in [0.1, 0.15) is 32.4 Å². The highest BCUT2D eigenvalue weighted by atomic mass is 35.5. The van der Waals surface area contributed by atoms with Gasteiger partial charge in [-0.15, -0.1) is 0 Å². The highest BCUT2D eigenvalue weighted by Gasteiger charge is 2.50. The van der Waals surface area contributed by atoms with Crippen molar-refractivity contribution in [2.24, 2.45) is 5.92 Å². The second kappa shape index (κ2) is 8.90. The van der Waals surface area contributed by atoms with Crippen molar-refractivity contribution in [2.45, 2.75) is 38.3 Å². The molecule has 1 N–H and O–H groups in total. The van der Waals surface area contributed by atoms with Crippen molar-refractivity contribution in [3.8, 4) is 0 Å². The van der Waals surface area contributed by atoms with E-state index in [0.717, 1.165) is 5.69 Å². The van der Waals surface area contributed by atoms with Crippen molar-refractivity contribution < 1.29 is 14.4 Å². The number of amides is 2. The molecule has 1 aromatic heterocycles. The second-order valence-corrected chi connectivity index (χ2v) is 9.12. The molecule has 32 heavy (non-hydrogen) atoms. The van der Waals surface area contributed by atoms with Gasteiger partial charge in [-0.1, -0.05) is 30.7 Å². The van der Waals surface area contributed by atoms with Crippen molar-refractivity contribution in [1.29, 1.82) is 0 Å². The SMILES string of the molecule is CC(CC1(c2ccccn2)NC(=O)CC1=O)C(=O)N1CCN(c2cccc(Cl)c2)C(C)C1. The van der Waals surface area contributed by atoms with E-state index in [-0.39, 0.29) is 36.5 Å². The van der Waals surface area contributed by atoms with Crippen LogP contribution in [0.4, 0.5) is 5.69 Å². The lowest BCUT2D eigenvalue weighted by Gasteiger charge is -2.42. The second-order valence-electron chi connectivity index (χ2n) is 8.68. The van der Waals surface area contributed by atoms with Gasteiger partial charge in [-0.25, -0.2) is 0 Å². The third-order valence-corrected chi connectivity index (χ3v) is 6.60. The highest BCUT2D eigenvalue weighted by molar-refractivity contribution is 6.30. The van der Waals surface area contributed by atoms with Crippen LogP contribution in [0.25, 0.3) is 0 Å². The first-order chi connectivity index (χ1) is 15.3. The Morgan fingerprint density at radius 1 is 1.25 bits per heavy atom. The molecule has 3 atom stereocenters. The Hall–Kier alpha value is -2.93. The number of nitrogens with one attached hydrogen (secondary N) is 1. The number of aromatic nitrogens is 1. The molecule has 1 aromatic carbocycles. The third kappa shape index (κ3) is 4.21. The summed E-state index contributed by atoms with van der Waals surface area (Å²) in [6.45, 7) is 5.75. The van der Waals surface area contributed by atoms with Gasteiger partial charge in [0, 0.05) is 48.5 Å². The van der Waals surface area contributed by atoms with Gasteiger partial charge in [0.25, 0.3) is 0 Å². The fraction of sp³-hybridized carbons (Fsp3) is 0.417. The van der Waals surface area contributed by atoms with Crippen LogP contribution in [0, 0.1) is 5.92 Å². The molecule has 0 bridgehead atoms. The van der Waals surface area contributed by atoms with Crippen LogP contribution in [0.3, 0.4) is 0 Å². The summed E-state index contributed by atoms with van der Waals surface area (Å²) in [6.07, 6.45) is 1.60. The largest absolute Gasteiger partial charge is 0.365 e. The first kappa shape index (κ1) is 22.3. The summed E-state index contributed by atoms with van der Waals surface area (Å²) in [4.78, 5) is 46.7. The molecule has 0 spiro atoms. The zero-order valence-electron chi connectivity index (χ0n) is 18.3. The Morgan fingerprint density at radius 2 is 2.06 bits per heavy atom. The monoisotopic (exact) mass is 454 g/mol. The van der Waals surface area contributed by atoms with Gasteiger partial charge in [-0.2, -0.15) is 0 Å². The molecule has 2 aliphatic rings. The number of nitrogens with zero attached hydrogens (tertiary/aromatic N) is 3. The van der Waals surface area contributed by atoms with Crippen LogP contribution in [-0.4, -0.2) is 53.2 Å². The Morgan fingerprint density at radius 3 is 2.69 bits per heavy atom. The Balaban J connectivity index is 1.48. The number of Topliss-reactive ketones (excluding diaryl/α,β-unsaturated/α-hetero) is 1. The van der Waals surface area contributed by atoms with Crippen LogP contribution in [0.2, 0.25) is 5.02 Å². The molecule has 0 aliphatic carbocycles. The predicted molar refractivity (Wildman–Crippen MR) is 122 cm³/mol. The molecule has 4 rings (SSSR count). The van der Waals surface area contributed by atoms with Gasteiger partial charge in [0.1, 0.15) is 5.54 Å². The van der Waals surface area contributed by atoms with Crippen molar-refractivity contribution >= 4 is 34.9 Å². The van der Waals surface area contributed by atoms with Gasteiger partial charge in [0.15, 0.2) is 5.78 Å². The summed E-state index contributed by atoms with van der Waals surface area (Å²) in [6, 6.07) is 13.1. The number of piperazine rings is 1. The molecule has 2 amide bonds. The summed E-state index contributed by atoms with van der Waals surface area (Å²) in [7, 11) is 0. The van der Waals surface area contributed by atoms with Crippen molar-refractivity contribution in [3.63, 3.8) is 0 Å². The van der Waals surface area contributed by atoms with E-state index in [0.29, 0.717) is 30.4 Å². The van der Waals surface area contributed by atoms with Crippen LogP contribution < -0.4 is 10.2 Å². The topological polar surface area (TPSA) is 82.6 Å². The number of rotatable bonds is 5. The zero-order chi connectivity index (χ0) is 22.9. The third-order valence-electron chi connectivity index (χ3n) is 6.37. The minimum atomic E-state index is -1.25. The molecular formula is C24H27ClN4O3. The molecule has 2 aliphatic heterocycles. The fourth-order valence-electron chi connectivity index (χ4n) is 4.79. The maximum atomic E-state index is 13.3. The molecule has 0 radical (unpaired) electrons. The maximum Gasteiger partial charge on any atom is 0.228 e. The summed E-state index contributed by atoms with van der Waals surface area (Å²) >= 11 is 6.15. The van der Waals surface area contributed by atoms with Crippen LogP contribution in [-0.2, 0) is 19.9 Å². The number of benzene rings is 1. The molecule has 3 heterocycles. The fourth-order valence-corrected chi connectivity index (χ4v) is 4.98. The van der Waals surface area contributed by atoms with E-state index in [1.807, 2.05) is 36.1 Å². The lowest BCUT2D eigenvalue weighted by molar-refractivity contribution is -0.137. The molecule has 2 aromatic rings. The summed E-state index contributed by atoms with van der Waals surface area (Å²) in [5, 5.41) is 3.51. The molecular weight excluding hydrogens is 428 g/mol. The average Bonchev–Trinajstić information content (AvgIpc) is 3.07. The molecule has 8 heteroatoms. The first-order valence-electron chi connectivity index (χ1n) is 10.9. The first-order valence-corrected chi connectivity index (χ1v) is 11.2. The number of anilines is 1. The summed E-state index contributed by atoms with van der Waals surface area (Å²) in [5.74, 6) is -1.04. The minimum Gasteiger partial charge on any atom is -0.365 e. The molecule has 2 saturated heterocycles. The molecule has 2 fully saturated rings. The van der Waals surface area contributed by atoms with E-state index in [1.54, 1.807) is 24.4 Å². The minimum absolute atomic E-state index is 0.0214. The number of carbonyl (C=O) groups excluding carboxylic acids is 3. The van der Waals surface area contributed by atoms with Crippen molar-refractivity contribution in [2.75, 3.05) is 24.5 Å². The van der Waals surface area contributed by atoms with Gasteiger partial charge in [-0.3, -0.25) is 19.4 Å². The van der Waals surface area contributed by atoms with Crippen LogP contribution >= 0.6 is 11.6 Å². The lowest BCUT2D eigenvalue weighted by atomic mass is 9.82. The van der Waals surface area contributed by atoms with E-state index in [2.05, 4.69) is 22.1 Å². The normalized spacial score (nSPS) is 24.4. The standard InChI is InChI=1S/C24H27ClN4O3/c1-16(14-24(20-8-3-4-9-26-20)21(30)13-22(31)27-24)23(32)28-10-11-29(17(2)15-28)19-7-5-6-18(25)12-19/h3-9,12,16-17H,10-11,13-15H2,1-2H3,(H,27,31). The lowest BCUT2D eigenvalue weighted by Crippen LogP contribution is -2.55. The molecule has 3 unspecified atom stereocenters. The Kier molecular flexibility index (Phi) is 6.20. The Labute approximate surface area is 192 Å².